The van der Waals surface area contributed by atoms with Crippen molar-refractivity contribution < 1.29 is 14.3 Å². The number of benzene rings is 2. The van der Waals surface area contributed by atoms with Gasteiger partial charge in [0.05, 0.1) is 11.3 Å². The first-order chi connectivity index (χ1) is 11.4. The van der Waals surface area contributed by atoms with E-state index in [4.69, 9.17) is 4.74 Å². The van der Waals surface area contributed by atoms with Crippen LogP contribution >= 0.6 is 0 Å². The molecule has 0 aliphatic carbocycles. The van der Waals surface area contributed by atoms with E-state index in [9.17, 15) is 9.59 Å². The molecule has 0 unspecified atom stereocenters. The Morgan fingerprint density at radius 2 is 1.79 bits per heavy atom. The fourth-order valence-corrected chi connectivity index (χ4v) is 2.31. The number of para-hydroxylation sites is 1. The highest BCUT2D eigenvalue weighted by molar-refractivity contribution is 6.03. The van der Waals surface area contributed by atoms with E-state index >= 15 is 0 Å². The lowest BCUT2D eigenvalue weighted by molar-refractivity contribution is -0.118. The number of carbonyl (C=O) groups is 2. The summed E-state index contributed by atoms with van der Waals surface area (Å²) >= 11 is 0. The van der Waals surface area contributed by atoms with Crippen LogP contribution in [0, 0.1) is 13.8 Å². The van der Waals surface area contributed by atoms with Crippen LogP contribution in [0.4, 0.5) is 5.69 Å². The number of rotatable bonds is 5. The molecule has 2 amide bonds. The van der Waals surface area contributed by atoms with Crippen molar-refractivity contribution in [3.05, 3.63) is 59.2 Å². The number of hydrogen-bond donors (Lipinski definition) is 1. The van der Waals surface area contributed by atoms with Gasteiger partial charge in [0.2, 0.25) is 0 Å². The molecule has 0 aliphatic rings. The van der Waals surface area contributed by atoms with E-state index < -0.39 is 0 Å². The van der Waals surface area contributed by atoms with Gasteiger partial charge in [-0.15, -0.1) is 0 Å². The maximum absolute atomic E-state index is 12.1. The second-order valence-corrected chi connectivity index (χ2v) is 5.85. The van der Waals surface area contributed by atoms with Gasteiger partial charge in [0, 0.05) is 14.1 Å². The molecule has 2 rings (SSSR count). The predicted octanol–water partition coefficient (Wildman–Crippen LogP) is 3.02. The van der Waals surface area contributed by atoms with E-state index in [0.29, 0.717) is 17.0 Å². The van der Waals surface area contributed by atoms with Crippen molar-refractivity contribution in [2.75, 3.05) is 26.0 Å². The minimum Gasteiger partial charge on any atom is -0.483 e. The summed E-state index contributed by atoms with van der Waals surface area (Å²) in [6.45, 7) is 3.82. The van der Waals surface area contributed by atoms with Crippen LogP contribution in [0.5, 0.6) is 5.75 Å². The molecular weight excluding hydrogens is 304 g/mol. The SMILES string of the molecule is Cc1ccc(OCC(=O)Nc2ccccc2C(=O)N(C)C)c(C)c1. The molecule has 0 bridgehead atoms. The lowest BCUT2D eigenvalue weighted by atomic mass is 10.1. The molecule has 0 radical (unpaired) electrons. The molecule has 5 heteroatoms. The van der Waals surface area contributed by atoms with Gasteiger partial charge in [-0.2, -0.15) is 0 Å². The minimum absolute atomic E-state index is 0.117. The number of aryl methyl sites for hydroxylation is 2. The summed E-state index contributed by atoms with van der Waals surface area (Å²) in [7, 11) is 3.34. The van der Waals surface area contributed by atoms with Crippen molar-refractivity contribution in [2.24, 2.45) is 0 Å². The number of ether oxygens (including phenoxy) is 1. The number of nitrogens with zero attached hydrogens (tertiary/aromatic N) is 1. The van der Waals surface area contributed by atoms with Gasteiger partial charge in [-0.3, -0.25) is 9.59 Å². The van der Waals surface area contributed by atoms with Crippen LogP contribution in [0.3, 0.4) is 0 Å². The van der Waals surface area contributed by atoms with Crippen molar-refractivity contribution in [3.63, 3.8) is 0 Å². The quantitative estimate of drug-likeness (QED) is 0.919. The predicted molar refractivity (Wildman–Crippen MR) is 94.5 cm³/mol. The van der Waals surface area contributed by atoms with E-state index in [1.54, 1.807) is 38.4 Å². The van der Waals surface area contributed by atoms with Crippen molar-refractivity contribution >= 4 is 17.5 Å². The Kier molecular flexibility index (Phi) is 5.58. The van der Waals surface area contributed by atoms with Crippen molar-refractivity contribution in [1.82, 2.24) is 4.90 Å². The normalized spacial score (nSPS) is 10.2. The maximum Gasteiger partial charge on any atom is 0.262 e. The Morgan fingerprint density at radius 3 is 2.46 bits per heavy atom. The summed E-state index contributed by atoms with van der Waals surface area (Å²) < 4.78 is 5.57. The number of anilines is 1. The third-order valence-electron chi connectivity index (χ3n) is 3.53. The zero-order valence-electron chi connectivity index (χ0n) is 14.4. The summed E-state index contributed by atoms with van der Waals surface area (Å²) in [5, 5.41) is 2.74. The first kappa shape index (κ1) is 17.5. The van der Waals surface area contributed by atoms with Gasteiger partial charge in [0.15, 0.2) is 6.61 Å². The molecule has 0 aromatic heterocycles. The summed E-state index contributed by atoms with van der Waals surface area (Å²) in [6.07, 6.45) is 0. The number of amides is 2. The number of carbonyl (C=O) groups excluding carboxylic acids is 2. The molecule has 0 spiro atoms. The highest BCUT2D eigenvalue weighted by atomic mass is 16.5. The molecule has 0 aliphatic heterocycles. The Labute approximate surface area is 142 Å². The van der Waals surface area contributed by atoms with Crippen LogP contribution in [0.2, 0.25) is 0 Å². The topological polar surface area (TPSA) is 58.6 Å². The van der Waals surface area contributed by atoms with Crippen LogP contribution in [0.15, 0.2) is 42.5 Å². The summed E-state index contributed by atoms with van der Waals surface area (Å²) in [5.74, 6) is 0.198. The third kappa shape index (κ3) is 4.35. The molecule has 0 heterocycles. The van der Waals surface area contributed by atoms with Crippen LogP contribution in [0.25, 0.3) is 0 Å². The van der Waals surface area contributed by atoms with E-state index in [2.05, 4.69) is 5.32 Å². The molecule has 2 aromatic carbocycles. The maximum atomic E-state index is 12.1. The van der Waals surface area contributed by atoms with E-state index in [-0.39, 0.29) is 18.4 Å². The highest BCUT2D eigenvalue weighted by Gasteiger charge is 2.15. The zero-order valence-corrected chi connectivity index (χ0v) is 14.4. The van der Waals surface area contributed by atoms with Crippen LogP contribution in [0.1, 0.15) is 21.5 Å². The van der Waals surface area contributed by atoms with Gasteiger partial charge in [-0.05, 0) is 37.6 Å². The Morgan fingerprint density at radius 1 is 1.08 bits per heavy atom. The zero-order chi connectivity index (χ0) is 17.7. The van der Waals surface area contributed by atoms with Gasteiger partial charge >= 0.3 is 0 Å². The van der Waals surface area contributed by atoms with Crippen molar-refractivity contribution in [2.45, 2.75) is 13.8 Å². The lowest BCUT2D eigenvalue weighted by Gasteiger charge is -2.15. The molecule has 0 fully saturated rings. The monoisotopic (exact) mass is 326 g/mol. The van der Waals surface area contributed by atoms with E-state index in [1.807, 2.05) is 32.0 Å². The molecule has 24 heavy (non-hydrogen) atoms. The van der Waals surface area contributed by atoms with Gasteiger partial charge < -0.3 is 15.0 Å². The highest BCUT2D eigenvalue weighted by Crippen LogP contribution is 2.19. The summed E-state index contributed by atoms with van der Waals surface area (Å²) in [5.41, 5.74) is 3.04. The largest absolute Gasteiger partial charge is 0.483 e. The average molecular weight is 326 g/mol. The van der Waals surface area contributed by atoms with Crippen LogP contribution in [-0.4, -0.2) is 37.4 Å². The fourth-order valence-electron chi connectivity index (χ4n) is 2.31. The van der Waals surface area contributed by atoms with E-state index in [0.717, 1.165) is 11.1 Å². The first-order valence-corrected chi connectivity index (χ1v) is 7.69. The Balaban J connectivity index is 2.04. The Hall–Kier alpha value is -2.82. The first-order valence-electron chi connectivity index (χ1n) is 7.69. The number of nitrogens with one attached hydrogen (secondary N) is 1. The molecule has 2 aromatic rings. The van der Waals surface area contributed by atoms with Gasteiger partial charge in [0.1, 0.15) is 5.75 Å². The molecule has 126 valence electrons. The van der Waals surface area contributed by atoms with Crippen molar-refractivity contribution in [1.29, 1.82) is 0 Å². The number of hydrogen-bond acceptors (Lipinski definition) is 3. The summed E-state index contributed by atoms with van der Waals surface area (Å²) in [6, 6.07) is 12.7. The molecule has 0 atom stereocenters. The Bertz CT molecular complexity index is 754. The second kappa shape index (κ2) is 7.64. The second-order valence-electron chi connectivity index (χ2n) is 5.85. The van der Waals surface area contributed by atoms with Crippen LogP contribution in [-0.2, 0) is 4.79 Å². The summed E-state index contributed by atoms with van der Waals surface area (Å²) in [4.78, 5) is 25.8. The van der Waals surface area contributed by atoms with Crippen LogP contribution < -0.4 is 10.1 Å². The standard InChI is InChI=1S/C19H22N2O3/c1-13-9-10-17(14(2)11-13)24-12-18(22)20-16-8-6-5-7-15(16)19(23)21(3)4/h5-11H,12H2,1-4H3,(H,20,22). The minimum atomic E-state index is -0.311. The fraction of sp³-hybridized carbons (Fsp3) is 0.263. The van der Waals surface area contributed by atoms with Crippen molar-refractivity contribution in [3.8, 4) is 5.75 Å². The van der Waals surface area contributed by atoms with Gasteiger partial charge in [-0.1, -0.05) is 29.8 Å². The molecular formula is C19H22N2O3. The average Bonchev–Trinajstić information content (AvgIpc) is 2.53. The molecule has 1 N–H and O–H groups in total. The smallest absolute Gasteiger partial charge is 0.262 e. The lowest BCUT2D eigenvalue weighted by Crippen LogP contribution is -2.25. The van der Waals surface area contributed by atoms with Gasteiger partial charge in [-0.25, -0.2) is 0 Å². The molecule has 0 saturated heterocycles. The third-order valence-corrected chi connectivity index (χ3v) is 3.53. The molecule has 0 saturated carbocycles. The van der Waals surface area contributed by atoms with E-state index in [1.165, 1.54) is 4.90 Å². The molecule has 5 nitrogen and oxygen atoms in total. The van der Waals surface area contributed by atoms with Gasteiger partial charge in [0.25, 0.3) is 11.8 Å².